The summed E-state index contributed by atoms with van der Waals surface area (Å²) in [6, 6.07) is 17.3. The van der Waals surface area contributed by atoms with Gasteiger partial charge in [0.25, 0.3) is 11.8 Å². The summed E-state index contributed by atoms with van der Waals surface area (Å²) in [4.78, 5) is 41.4. The number of amides is 2. The van der Waals surface area contributed by atoms with E-state index in [0.29, 0.717) is 36.4 Å². The van der Waals surface area contributed by atoms with Crippen molar-refractivity contribution < 1.29 is 9.59 Å². The van der Waals surface area contributed by atoms with Gasteiger partial charge in [0.05, 0.1) is 16.8 Å². The summed E-state index contributed by atoms with van der Waals surface area (Å²) < 4.78 is 0. The maximum Gasteiger partial charge on any atom is 0.268 e. The zero-order chi connectivity index (χ0) is 29.2. The third kappa shape index (κ3) is 5.02. The first-order valence-electron chi connectivity index (χ1n) is 15.4. The van der Waals surface area contributed by atoms with Gasteiger partial charge < -0.3 is 14.7 Å². The molecule has 0 spiro atoms. The lowest BCUT2D eigenvalue weighted by atomic mass is 9.86. The average molecular weight is 584 g/mol. The molecule has 220 valence electrons. The molecule has 8 heteroatoms. The van der Waals surface area contributed by atoms with Gasteiger partial charge in [-0.2, -0.15) is 0 Å². The number of thiophene rings is 1. The van der Waals surface area contributed by atoms with Crippen molar-refractivity contribution in [3.63, 3.8) is 0 Å². The zero-order valence-electron chi connectivity index (χ0n) is 25.1. The van der Waals surface area contributed by atoms with Crippen LogP contribution in [0.15, 0.2) is 60.1 Å². The molecule has 0 radical (unpaired) electrons. The number of carbonyl (C=O) groups is 2. The highest BCUT2D eigenvalue weighted by Crippen LogP contribution is 2.52. The Morgan fingerprint density at radius 3 is 2.21 bits per heavy atom. The van der Waals surface area contributed by atoms with Crippen LogP contribution in [-0.4, -0.2) is 78.5 Å². The molecule has 7 rings (SSSR count). The Balaban J connectivity index is 1.03. The van der Waals surface area contributed by atoms with Crippen LogP contribution in [0.3, 0.4) is 0 Å². The molecule has 2 aromatic heterocycles. The first kappa shape index (κ1) is 27.6. The predicted octanol–water partition coefficient (Wildman–Crippen LogP) is 5.39. The number of anilines is 2. The third-order valence-electron chi connectivity index (χ3n) is 10.2. The van der Waals surface area contributed by atoms with Gasteiger partial charge in [-0.25, -0.2) is 4.98 Å². The normalized spacial score (nSPS) is 26.8. The molecule has 5 heterocycles. The van der Waals surface area contributed by atoms with Gasteiger partial charge in [-0.05, 0) is 84.3 Å². The minimum absolute atomic E-state index is 0.0361. The minimum Gasteiger partial charge on any atom is -0.353 e. The standard InChI is InChI=1S/C34H41N5O2S/c1-34(2,3)23-9-7-22(8-10-23)32(40)38-19-27-28(20-38)29(27)21-39(33(41)30-6-5-15-42-30)24-13-14-31(35-16-24)37-17-25-11-12-26(18-37)36(25)4/h5-10,13-16,25-29H,11-12,17-21H2,1-4H3. The molecule has 4 unspecified atom stereocenters. The molecule has 4 atom stereocenters. The summed E-state index contributed by atoms with van der Waals surface area (Å²) in [5, 5.41) is 1.96. The van der Waals surface area contributed by atoms with Gasteiger partial charge in [0.1, 0.15) is 5.82 Å². The summed E-state index contributed by atoms with van der Waals surface area (Å²) in [6.45, 7) is 10.8. The van der Waals surface area contributed by atoms with E-state index in [-0.39, 0.29) is 17.2 Å². The molecule has 3 saturated heterocycles. The first-order chi connectivity index (χ1) is 20.2. The van der Waals surface area contributed by atoms with Gasteiger partial charge in [-0.15, -0.1) is 11.3 Å². The van der Waals surface area contributed by atoms with E-state index >= 15 is 0 Å². The molecule has 1 saturated carbocycles. The lowest BCUT2D eigenvalue weighted by Gasteiger charge is -2.39. The SMILES string of the molecule is CN1C2CCC1CN(c1ccc(N(CC3C4CN(C(=O)c5ccc(C(C)(C)C)cc5)CC43)C(=O)c3cccs3)cn1)C2. The number of benzene rings is 1. The van der Waals surface area contributed by atoms with Gasteiger partial charge in [0.2, 0.25) is 0 Å². The van der Waals surface area contributed by atoms with Gasteiger partial charge in [-0.3, -0.25) is 14.5 Å². The van der Waals surface area contributed by atoms with E-state index < -0.39 is 0 Å². The molecule has 1 aliphatic carbocycles. The van der Waals surface area contributed by atoms with E-state index in [0.717, 1.165) is 48.1 Å². The Labute approximate surface area is 253 Å². The van der Waals surface area contributed by atoms with E-state index in [1.807, 2.05) is 45.6 Å². The van der Waals surface area contributed by atoms with E-state index in [4.69, 9.17) is 4.98 Å². The summed E-state index contributed by atoms with van der Waals surface area (Å²) in [5.41, 5.74) is 2.91. The molecule has 4 aliphatic rings. The fraction of sp³-hybridized carbons (Fsp3) is 0.500. The summed E-state index contributed by atoms with van der Waals surface area (Å²) in [5.74, 6) is 2.43. The molecule has 4 fully saturated rings. The first-order valence-corrected chi connectivity index (χ1v) is 16.2. The average Bonchev–Trinajstić information content (AvgIpc) is 3.38. The van der Waals surface area contributed by atoms with Crippen molar-refractivity contribution >= 4 is 34.7 Å². The zero-order valence-corrected chi connectivity index (χ0v) is 25.9. The molecule has 1 aromatic carbocycles. The van der Waals surface area contributed by atoms with Crippen molar-refractivity contribution in [1.29, 1.82) is 0 Å². The van der Waals surface area contributed by atoms with Crippen molar-refractivity contribution in [1.82, 2.24) is 14.8 Å². The molecular weight excluding hydrogens is 542 g/mol. The molecule has 3 aliphatic heterocycles. The van der Waals surface area contributed by atoms with Gasteiger partial charge in [-0.1, -0.05) is 39.0 Å². The van der Waals surface area contributed by atoms with Crippen LogP contribution in [-0.2, 0) is 5.41 Å². The topological polar surface area (TPSA) is 60.0 Å². The highest BCUT2D eigenvalue weighted by atomic mass is 32.1. The molecule has 3 aromatic rings. The molecule has 2 amide bonds. The van der Waals surface area contributed by atoms with E-state index in [9.17, 15) is 9.59 Å². The highest BCUT2D eigenvalue weighted by Gasteiger charge is 2.57. The number of likely N-dealkylation sites (tertiary alicyclic amines) is 1. The minimum atomic E-state index is 0.0361. The molecule has 0 N–H and O–H groups in total. The predicted molar refractivity (Wildman–Crippen MR) is 169 cm³/mol. The second-order valence-electron chi connectivity index (χ2n) is 13.8. The molecule has 2 bridgehead atoms. The molecule has 42 heavy (non-hydrogen) atoms. The smallest absolute Gasteiger partial charge is 0.268 e. The van der Waals surface area contributed by atoms with Crippen molar-refractivity contribution in [2.24, 2.45) is 17.8 Å². The fourth-order valence-corrected chi connectivity index (χ4v) is 8.13. The van der Waals surface area contributed by atoms with Crippen LogP contribution in [0, 0.1) is 17.8 Å². The summed E-state index contributed by atoms with van der Waals surface area (Å²) >= 11 is 1.48. The number of hydrogen-bond acceptors (Lipinski definition) is 6. The number of likely N-dealkylation sites (N-methyl/N-ethyl adjacent to an activating group) is 1. The Morgan fingerprint density at radius 1 is 0.952 bits per heavy atom. The number of fused-ring (bicyclic) bond motifs is 3. The lowest BCUT2D eigenvalue weighted by Crippen LogP contribution is -2.52. The summed E-state index contributed by atoms with van der Waals surface area (Å²) in [6.07, 6.45) is 4.40. The molecular formula is C34H41N5O2S. The van der Waals surface area contributed by atoms with Crippen LogP contribution in [0.4, 0.5) is 11.5 Å². The van der Waals surface area contributed by atoms with Crippen molar-refractivity contribution in [3.05, 3.63) is 76.1 Å². The summed E-state index contributed by atoms with van der Waals surface area (Å²) in [7, 11) is 2.25. The number of piperidine rings is 1. The number of hydrogen-bond donors (Lipinski definition) is 0. The monoisotopic (exact) mass is 583 g/mol. The fourth-order valence-electron chi connectivity index (χ4n) is 7.46. The second-order valence-corrected chi connectivity index (χ2v) is 14.7. The number of aromatic nitrogens is 1. The Hall–Kier alpha value is -3.23. The third-order valence-corrected chi connectivity index (χ3v) is 11.1. The number of carbonyl (C=O) groups excluding carboxylic acids is 2. The van der Waals surface area contributed by atoms with Crippen molar-refractivity contribution in [2.75, 3.05) is 49.6 Å². The van der Waals surface area contributed by atoms with Crippen LogP contribution in [0.25, 0.3) is 0 Å². The maximum absolute atomic E-state index is 13.7. The van der Waals surface area contributed by atoms with Gasteiger partial charge >= 0.3 is 0 Å². The lowest BCUT2D eigenvalue weighted by molar-refractivity contribution is 0.0766. The number of nitrogens with zero attached hydrogens (tertiary/aromatic N) is 5. The van der Waals surface area contributed by atoms with Crippen LogP contribution >= 0.6 is 11.3 Å². The van der Waals surface area contributed by atoms with Crippen molar-refractivity contribution in [2.45, 2.75) is 51.1 Å². The maximum atomic E-state index is 13.7. The Bertz CT molecular complexity index is 1420. The van der Waals surface area contributed by atoms with Gasteiger partial charge in [0, 0.05) is 50.4 Å². The van der Waals surface area contributed by atoms with E-state index in [2.05, 4.69) is 61.9 Å². The molecule has 7 nitrogen and oxygen atoms in total. The van der Waals surface area contributed by atoms with Crippen LogP contribution in [0.1, 0.15) is 59.2 Å². The second kappa shape index (κ2) is 10.5. The highest BCUT2D eigenvalue weighted by molar-refractivity contribution is 7.12. The van der Waals surface area contributed by atoms with Crippen LogP contribution in [0.2, 0.25) is 0 Å². The largest absolute Gasteiger partial charge is 0.353 e. The quantitative estimate of drug-likeness (QED) is 0.390. The van der Waals surface area contributed by atoms with Gasteiger partial charge in [0.15, 0.2) is 0 Å². The van der Waals surface area contributed by atoms with E-state index in [1.165, 1.54) is 29.7 Å². The number of piperazine rings is 1. The number of pyridine rings is 1. The Morgan fingerprint density at radius 2 is 1.64 bits per heavy atom. The number of rotatable bonds is 6. The van der Waals surface area contributed by atoms with Crippen LogP contribution in [0.5, 0.6) is 0 Å². The Kier molecular flexibility index (Phi) is 6.89. The van der Waals surface area contributed by atoms with E-state index in [1.54, 1.807) is 0 Å². The van der Waals surface area contributed by atoms with Crippen molar-refractivity contribution in [3.8, 4) is 0 Å². The van der Waals surface area contributed by atoms with Crippen LogP contribution < -0.4 is 9.80 Å².